The second kappa shape index (κ2) is 12.8. The Kier molecular flexibility index (Phi) is 10.4. The number of aliphatic imine (C=N–C) groups is 1. The molecule has 2 N–H and O–H groups in total. The van der Waals surface area contributed by atoms with Crippen molar-refractivity contribution in [3.8, 4) is 0 Å². The molecule has 0 aliphatic carbocycles. The Labute approximate surface area is 192 Å². The number of fused-ring (bicyclic) bond motifs is 1. The second-order valence-electron chi connectivity index (χ2n) is 7.27. The molecule has 1 atom stereocenters. The molecular formula is C23H34IN5. The van der Waals surface area contributed by atoms with Gasteiger partial charge in [-0.05, 0) is 43.0 Å². The smallest absolute Gasteiger partial charge is 0.191 e. The van der Waals surface area contributed by atoms with Crippen LogP contribution in [0.4, 0.5) is 0 Å². The maximum absolute atomic E-state index is 4.88. The average molecular weight is 507 g/mol. The molecule has 5 nitrogen and oxygen atoms in total. The van der Waals surface area contributed by atoms with Gasteiger partial charge in [0.25, 0.3) is 0 Å². The number of hydrogen-bond donors (Lipinski definition) is 2. The molecule has 0 fully saturated rings. The molecule has 158 valence electrons. The monoisotopic (exact) mass is 507 g/mol. The highest BCUT2D eigenvalue weighted by atomic mass is 127. The van der Waals surface area contributed by atoms with Crippen LogP contribution in [0.25, 0.3) is 0 Å². The molecule has 2 heterocycles. The molecule has 0 saturated heterocycles. The first kappa shape index (κ1) is 23.6. The van der Waals surface area contributed by atoms with Crippen molar-refractivity contribution in [2.45, 2.75) is 45.7 Å². The third-order valence-corrected chi connectivity index (χ3v) is 5.35. The van der Waals surface area contributed by atoms with E-state index in [0.29, 0.717) is 6.04 Å². The van der Waals surface area contributed by atoms with Gasteiger partial charge >= 0.3 is 0 Å². The van der Waals surface area contributed by atoms with Crippen molar-refractivity contribution >= 4 is 29.9 Å². The Morgan fingerprint density at radius 3 is 2.62 bits per heavy atom. The van der Waals surface area contributed by atoms with Crippen molar-refractivity contribution in [1.82, 2.24) is 20.5 Å². The van der Waals surface area contributed by atoms with E-state index in [4.69, 9.17) is 4.99 Å². The largest absolute Gasteiger partial charge is 0.357 e. The van der Waals surface area contributed by atoms with Crippen LogP contribution < -0.4 is 10.6 Å². The van der Waals surface area contributed by atoms with Crippen LogP contribution in [0.3, 0.4) is 0 Å². The lowest BCUT2D eigenvalue weighted by molar-refractivity contribution is 0.178. The molecule has 0 bridgehead atoms. The molecule has 1 aliphatic heterocycles. The molecule has 1 aliphatic rings. The number of guanidine groups is 1. The quantitative estimate of drug-likeness (QED) is 0.326. The molecule has 6 heteroatoms. The fourth-order valence-corrected chi connectivity index (χ4v) is 3.73. The van der Waals surface area contributed by atoms with E-state index in [1.807, 2.05) is 18.3 Å². The summed E-state index contributed by atoms with van der Waals surface area (Å²) in [6.07, 6.45) is 4.99. The van der Waals surface area contributed by atoms with Crippen LogP contribution in [0.1, 0.15) is 37.1 Å². The van der Waals surface area contributed by atoms with E-state index in [0.717, 1.165) is 63.6 Å². The zero-order valence-electron chi connectivity index (χ0n) is 17.6. The van der Waals surface area contributed by atoms with Gasteiger partial charge in [0.15, 0.2) is 5.96 Å². The standard InChI is InChI=1S/C23H33N5.HI/c1-3-22(28-16-13-19-9-5-6-10-20(19)18-28)17-27-23(24-4-2)26-15-12-21-11-7-8-14-25-21;/h5-11,14,22H,3-4,12-13,15-18H2,1-2H3,(H2,24,26,27);1H. The Morgan fingerprint density at radius 2 is 1.90 bits per heavy atom. The minimum Gasteiger partial charge on any atom is -0.357 e. The lowest BCUT2D eigenvalue weighted by Gasteiger charge is -2.34. The van der Waals surface area contributed by atoms with Crippen molar-refractivity contribution in [3.05, 3.63) is 65.5 Å². The van der Waals surface area contributed by atoms with E-state index in [1.165, 1.54) is 11.1 Å². The Morgan fingerprint density at radius 1 is 1.10 bits per heavy atom. The minimum atomic E-state index is 0. The molecule has 3 rings (SSSR count). The molecule has 29 heavy (non-hydrogen) atoms. The van der Waals surface area contributed by atoms with Gasteiger partial charge in [0.05, 0.1) is 6.54 Å². The predicted molar refractivity (Wildman–Crippen MR) is 132 cm³/mol. The molecule has 0 radical (unpaired) electrons. The number of rotatable bonds is 8. The van der Waals surface area contributed by atoms with Crippen LogP contribution in [-0.4, -0.2) is 48.1 Å². The summed E-state index contributed by atoms with van der Waals surface area (Å²) in [5.41, 5.74) is 4.07. The lowest BCUT2D eigenvalue weighted by Crippen LogP contribution is -2.43. The third kappa shape index (κ3) is 7.26. The normalized spacial score (nSPS) is 15.2. The number of benzene rings is 1. The molecule has 2 aromatic rings. The first-order chi connectivity index (χ1) is 13.8. The second-order valence-corrected chi connectivity index (χ2v) is 7.27. The summed E-state index contributed by atoms with van der Waals surface area (Å²) >= 11 is 0. The van der Waals surface area contributed by atoms with Gasteiger partial charge in [-0.2, -0.15) is 0 Å². The van der Waals surface area contributed by atoms with Crippen LogP contribution in [0, 0.1) is 0 Å². The van der Waals surface area contributed by atoms with Crippen molar-refractivity contribution in [3.63, 3.8) is 0 Å². The summed E-state index contributed by atoms with van der Waals surface area (Å²) in [6.45, 7) is 9.04. The van der Waals surface area contributed by atoms with Crippen molar-refractivity contribution < 1.29 is 0 Å². The summed E-state index contributed by atoms with van der Waals surface area (Å²) in [5.74, 6) is 0.897. The van der Waals surface area contributed by atoms with Crippen LogP contribution in [-0.2, 0) is 19.4 Å². The minimum absolute atomic E-state index is 0. The van der Waals surface area contributed by atoms with Crippen LogP contribution in [0.15, 0.2) is 53.7 Å². The maximum Gasteiger partial charge on any atom is 0.191 e. The average Bonchev–Trinajstić information content (AvgIpc) is 2.75. The fraction of sp³-hybridized carbons (Fsp3) is 0.478. The van der Waals surface area contributed by atoms with Gasteiger partial charge in [-0.3, -0.25) is 14.9 Å². The van der Waals surface area contributed by atoms with Gasteiger partial charge in [0, 0.05) is 50.5 Å². The fourth-order valence-electron chi connectivity index (χ4n) is 3.73. The first-order valence-electron chi connectivity index (χ1n) is 10.5. The summed E-state index contributed by atoms with van der Waals surface area (Å²) in [6, 6.07) is 15.3. The highest BCUT2D eigenvalue weighted by molar-refractivity contribution is 14.0. The summed E-state index contributed by atoms with van der Waals surface area (Å²) in [7, 11) is 0. The van der Waals surface area contributed by atoms with Gasteiger partial charge in [-0.1, -0.05) is 37.3 Å². The number of hydrogen-bond acceptors (Lipinski definition) is 3. The van der Waals surface area contributed by atoms with E-state index in [-0.39, 0.29) is 24.0 Å². The van der Waals surface area contributed by atoms with E-state index in [2.05, 4.69) is 64.7 Å². The van der Waals surface area contributed by atoms with Gasteiger partial charge in [0.1, 0.15) is 0 Å². The number of halogens is 1. The number of pyridine rings is 1. The molecule has 1 aromatic carbocycles. The van der Waals surface area contributed by atoms with Gasteiger partial charge in [-0.25, -0.2) is 0 Å². The van der Waals surface area contributed by atoms with Crippen LogP contribution in [0.5, 0.6) is 0 Å². The topological polar surface area (TPSA) is 52.6 Å². The molecule has 1 unspecified atom stereocenters. The number of nitrogens with one attached hydrogen (secondary N) is 2. The first-order valence-corrected chi connectivity index (χ1v) is 10.5. The van der Waals surface area contributed by atoms with E-state index in [9.17, 15) is 0 Å². The maximum atomic E-state index is 4.88. The number of aromatic nitrogens is 1. The third-order valence-electron chi connectivity index (χ3n) is 5.35. The van der Waals surface area contributed by atoms with E-state index >= 15 is 0 Å². The zero-order chi connectivity index (χ0) is 19.6. The Bertz CT molecular complexity index is 750. The van der Waals surface area contributed by atoms with Crippen molar-refractivity contribution in [2.24, 2.45) is 4.99 Å². The Balaban J connectivity index is 0.00000300. The molecule has 0 spiro atoms. The Hall–Kier alpha value is -1.67. The summed E-state index contributed by atoms with van der Waals surface area (Å²) in [4.78, 5) is 11.8. The molecule has 0 amide bonds. The SMILES string of the molecule is CCNC(=NCC(CC)N1CCc2ccccc2C1)NCCc1ccccn1.I. The van der Waals surface area contributed by atoms with Gasteiger partial charge in [-0.15, -0.1) is 24.0 Å². The van der Waals surface area contributed by atoms with E-state index in [1.54, 1.807) is 0 Å². The lowest BCUT2D eigenvalue weighted by atomic mass is 9.98. The molecular weight excluding hydrogens is 473 g/mol. The number of nitrogens with zero attached hydrogens (tertiary/aromatic N) is 3. The van der Waals surface area contributed by atoms with E-state index < -0.39 is 0 Å². The summed E-state index contributed by atoms with van der Waals surface area (Å²) in [5, 5.41) is 6.81. The van der Waals surface area contributed by atoms with Crippen molar-refractivity contribution in [2.75, 3.05) is 26.2 Å². The van der Waals surface area contributed by atoms with Crippen molar-refractivity contribution in [1.29, 1.82) is 0 Å². The zero-order valence-corrected chi connectivity index (χ0v) is 19.9. The summed E-state index contributed by atoms with van der Waals surface area (Å²) < 4.78 is 0. The molecule has 1 aromatic heterocycles. The van der Waals surface area contributed by atoms with Gasteiger partial charge < -0.3 is 10.6 Å². The highest BCUT2D eigenvalue weighted by Gasteiger charge is 2.22. The highest BCUT2D eigenvalue weighted by Crippen LogP contribution is 2.21. The van der Waals surface area contributed by atoms with Gasteiger partial charge in [0.2, 0.25) is 0 Å². The van der Waals surface area contributed by atoms with Crippen LogP contribution >= 0.6 is 24.0 Å². The predicted octanol–water partition coefficient (Wildman–Crippen LogP) is 3.63. The van der Waals surface area contributed by atoms with Crippen LogP contribution in [0.2, 0.25) is 0 Å². The molecule has 0 saturated carbocycles.